The number of hydrogen-bond donors (Lipinski definition) is 2. The van der Waals surface area contributed by atoms with Crippen molar-refractivity contribution < 1.29 is 25.9 Å². The van der Waals surface area contributed by atoms with Gasteiger partial charge in [0.2, 0.25) is 0 Å². The van der Waals surface area contributed by atoms with Crippen molar-refractivity contribution in [2.24, 2.45) is 0 Å². The van der Waals surface area contributed by atoms with E-state index >= 15 is 0 Å². The molecule has 67 heavy (non-hydrogen) atoms. The summed E-state index contributed by atoms with van der Waals surface area (Å²) in [5, 5.41) is 6.95. The first kappa shape index (κ1) is 56.7. The Labute approximate surface area is 435 Å². The van der Waals surface area contributed by atoms with E-state index < -0.39 is 20.2 Å². The van der Waals surface area contributed by atoms with Gasteiger partial charge in [-0.3, -0.25) is 0 Å². The number of hydrogen-bond acceptors (Lipinski definition) is 10. The zero-order valence-electron chi connectivity index (χ0n) is 40.6. The number of nitrogens with one attached hydrogen (secondary N) is 2. The fourth-order valence-corrected chi connectivity index (χ4v) is 10.3. The molecular weight excluding hydrogens is 905 g/mol. The summed E-state index contributed by atoms with van der Waals surface area (Å²) in [6, 6.07) is 29.9. The summed E-state index contributed by atoms with van der Waals surface area (Å²) in [6.45, 7) is 6.00. The summed E-state index contributed by atoms with van der Waals surface area (Å²) < 4.78 is 68.8. The third kappa shape index (κ3) is 19.8. The summed E-state index contributed by atoms with van der Waals surface area (Å²) in [5.74, 6) is 0. The third-order valence-electron chi connectivity index (χ3n) is 13.1. The van der Waals surface area contributed by atoms with Gasteiger partial charge in [0, 0.05) is 13.1 Å². The molecule has 0 bridgehead atoms. The molecule has 2 atom stereocenters. The van der Waals surface area contributed by atoms with E-state index in [0.29, 0.717) is 0 Å². The number of anilines is 4. The molecule has 2 heterocycles. The zero-order chi connectivity index (χ0) is 47.0. The Hall–Kier alpha value is -2.84. The van der Waals surface area contributed by atoms with Gasteiger partial charge in [0.1, 0.15) is 20.2 Å². The second-order valence-corrected chi connectivity index (χ2v) is 21.2. The van der Waals surface area contributed by atoms with Crippen molar-refractivity contribution in [3.63, 3.8) is 0 Å². The monoisotopic (exact) mass is 982 g/mol. The van der Waals surface area contributed by atoms with Crippen molar-refractivity contribution in [3.8, 4) is 0 Å². The molecule has 13 heteroatoms. The molecule has 0 radical (unpaired) electrons. The molecule has 0 saturated carbocycles. The van der Waals surface area contributed by atoms with Gasteiger partial charge in [-0.05, 0) is 73.2 Å². The molecule has 2 N–H and O–H groups in total. The predicted molar refractivity (Wildman–Crippen MR) is 277 cm³/mol. The number of rotatable bonds is 30. The molecule has 0 aliphatic carbocycles. The molecule has 0 aromatic heterocycles. The Morgan fingerprint density at radius 1 is 0.433 bits per heavy atom. The predicted octanol–water partition coefficient (Wildman–Crippen LogP) is 13.7. The topological polar surface area (TPSA) is 145 Å². The molecule has 0 fully saturated rings. The molecule has 6 rings (SSSR count). The molecule has 4 aromatic carbocycles. The van der Waals surface area contributed by atoms with Crippen LogP contribution in [-0.4, -0.2) is 76.0 Å². The van der Waals surface area contributed by atoms with Crippen molar-refractivity contribution in [3.05, 3.63) is 108 Å². The van der Waals surface area contributed by atoms with E-state index in [4.69, 9.17) is 0 Å². The van der Waals surface area contributed by atoms with E-state index in [1.54, 1.807) is 12.1 Å². The minimum atomic E-state index is -4.47. The maximum Gasteiger partial charge on any atom is 2.00 e. The molecule has 4 aromatic rings. The SMILES string of the molecule is CCCCCCCCCCCCCC1Nc2cc(S(=O)(=O)[O-])ccc2N1Cc1ccccc1.CCCCCCCCCCCCCC1Nc2cc(S(=O)(=O)[O-])ccc2N1Cc1ccccc1.[Ca+2]. The molecule has 0 spiro atoms. The van der Waals surface area contributed by atoms with Gasteiger partial charge in [-0.1, -0.05) is 203 Å². The van der Waals surface area contributed by atoms with Crippen LogP contribution < -0.4 is 20.4 Å². The second-order valence-electron chi connectivity index (χ2n) is 18.5. The minimum absolute atomic E-state index is 0. The minimum Gasteiger partial charge on any atom is -0.744 e. The summed E-state index contributed by atoms with van der Waals surface area (Å²) in [6.07, 6.45) is 31.0. The fraction of sp³-hybridized carbons (Fsp3) is 0.556. The summed E-state index contributed by atoms with van der Waals surface area (Å²) in [7, 11) is -8.93. The van der Waals surface area contributed by atoms with Gasteiger partial charge in [-0.2, -0.15) is 0 Å². The molecular formula is C54H78CaN4O6S2. The maximum atomic E-state index is 11.5. The Balaban J connectivity index is 0.000000288. The average molecular weight is 983 g/mol. The van der Waals surface area contributed by atoms with Crippen molar-refractivity contribution in [2.45, 2.75) is 203 Å². The largest absolute Gasteiger partial charge is 2.00 e. The third-order valence-corrected chi connectivity index (χ3v) is 14.7. The molecule has 2 aliphatic rings. The van der Waals surface area contributed by atoms with Crippen LogP contribution in [0.25, 0.3) is 0 Å². The first-order valence-corrected chi connectivity index (χ1v) is 28.1. The van der Waals surface area contributed by atoms with Crippen LogP contribution in [0.5, 0.6) is 0 Å². The van der Waals surface area contributed by atoms with Crippen LogP contribution in [-0.2, 0) is 33.3 Å². The Morgan fingerprint density at radius 2 is 0.731 bits per heavy atom. The molecule has 0 amide bonds. The van der Waals surface area contributed by atoms with Gasteiger partial charge in [0.05, 0.1) is 44.9 Å². The van der Waals surface area contributed by atoms with Crippen molar-refractivity contribution >= 4 is 80.7 Å². The van der Waals surface area contributed by atoms with Crippen LogP contribution in [0.3, 0.4) is 0 Å². The second kappa shape index (κ2) is 30.7. The molecule has 0 saturated heterocycles. The summed E-state index contributed by atoms with van der Waals surface area (Å²) >= 11 is 0. The molecule has 2 aliphatic heterocycles. The van der Waals surface area contributed by atoms with Gasteiger partial charge in [0.15, 0.2) is 0 Å². The van der Waals surface area contributed by atoms with E-state index in [9.17, 15) is 25.9 Å². The van der Waals surface area contributed by atoms with E-state index in [1.807, 2.05) is 36.4 Å². The van der Waals surface area contributed by atoms with Crippen LogP contribution >= 0.6 is 0 Å². The van der Waals surface area contributed by atoms with Gasteiger partial charge >= 0.3 is 37.7 Å². The molecule has 10 nitrogen and oxygen atoms in total. The van der Waals surface area contributed by atoms with E-state index in [-0.39, 0.29) is 59.9 Å². The van der Waals surface area contributed by atoms with E-state index in [1.165, 1.54) is 164 Å². The normalized spacial score (nSPS) is 15.2. The van der Waals surface area contributed by atoms with Crippen LogP contribution in [0.2, 0.25) is 0 Å². The first-order chi connectivity index (χ1) is 32.0. The number of fused-ring (bicyclic) bond motifs is 2. The molecule has 2 unspecified atom stereocenters. The number of nitrogens with zero attached hydrogens (tertiary/aromatic N) is 2. The first-order valence-electron chi connectivity index (χ1n) is 25.3. The van der Waals surface area contributed by atoms with Crippen LogP contribution in [0.1, 0.15) is 179 Å². The van der Waals surface area contributed by atoms with E-state index in [0.717, 1.165) is 61.5 Å². The van der Waals surface area contributed by atoms with Crippen LogP contribution in [0.15, 0.2) is 107 Å². The van der Waals surface area contributed by atoms with E-state index in [2.05, 4.69) is 58.5 Å². The van der Waals surface area contributed by atoms with Crippen LogP contribution in [0, 0.1) is 0 Å². The van der Waals surface area contributed by atoms with Gasteiger partial charge in [0.25, 0.3) is 0 Å². The van der Waals surface area contributed by atoms with Gasteiger partial charge in [-0.15, -0.1) is 0 Å². The summed E-state index contributed by atoms with van der Waals surface area (Å²) in [4.78, 5) is 4.23. The average Bonchev–Trinajstić information content (AvgIpc) is 3.83. The van der Waals surface area contributed by atoms with Crippen LogP contribution in [0.4, 0.5) is 22.7 Å². The van der Waals surface area contributed by atoms with Gasteiger partial charge in [-0.25, -0.2) is 16.8 Å². The number of benzene rings is 4. The smallest absolute Gasteiger partial charge is 0.744 e. The van der Waals surface area contributed by atoms with Crippen molar-refractivity contribution in [2.75, 3.05) is 20.4 Å². The Bertz CT molecular complexity index is 2060. The zero-order valence-corrected chi connectivity index (χ0v) is 44.5. The van der Waals surface area contributed by atoms with Gasteiger partial charge < -0.3 is 29.5 Å². The van der Waals surface area contributed by atoms with Crippen molar-refractivity contribution in [1.29, 1.82) is 0 Å². The summed E-state index contributed by atoms with van der Waals surface area (Å²) in [5.41, 5.74) is 5.79. The van der Waals surface area contributed by atoms with Crippen molar-refractivity contribution in [1.82, 2.24) is 0 Å². The standard InChI is InChI=1S/2C27H40N2O3S.Ca/c2*1-2-3-4-5-6-7-8-9-10-11-15-18-27-28-25-21-24(33(30,31)32)19-20-26(25)29(27)22-23-16-13-12-14-17-23;/h2*12-14,16-17,19-21,27-28H,2-11,15,18,22H2,1H3,(H,30,31,32);/q;;+2/p-2. The molecule has 364 valence electrons. The number of unbranched alkanes of at least 4 members (excludes halogenated alkanes) is 20. The Morgan fingerprint density at radius 3 is 1.03 bits per heavy atom. The quantitative estimate of drug-likeness (QED) is 0.0294. The maximum absolute atomic E-state index is 11.5. The fourth-order valence-electron chi connectivity index (χ4n) is 9.33. The Kier molecular flexibility index (Phi) is 26.0.